The van der Waals surface area contributed by atoms with Crippen LogP contribution in [0.15, 0.2) is 33.7 Å². The maximum Gasteiger partial charge on any atom is 0.164 e. The number of hydrogen-bond acceptors (Lipinski definition) is 5. The lowest BCUT2D eigenvalue weighted by molar-refractivity contribution is 0.601. The first-order valence-electron chi connectivity index (χ1n) is 6.46. The van der Waals surface area contributed by atoms with E-state index in [-0.39, 0.29) is 23.6 Å². The van der Waals surface area contributed by atoms with Crippen LogP contribution in [0.5, 0.6) is 0 Å². The quantitative estimate of drug-likeness (QED) is 0.797. The Morgan fingerprint density at radius 1 is 1.45 bits per heavy atom. The number of sulfone groups is 1. The van der Waals surface area contributed by atoms with Crippen LogP contribution in [0.3, 0.4) is 0 Å². The third-order valence-corrected chi connectivity index (χ3v) is 6.51. The summed E-state index contributed by atoms with van der Waals surface area (Å²) in [6.45, 7) is 2.08. The summed E-state index contributed by atoms with van der Waals surface area (Å²) >= 11 is 5.14. The van der Waals surface area contributed by atoms with Crippen molar-refractivity contribution >= 4 is 48.4 Å². The summed E-state index contributed by atoms with van der Waals surface area (Å²) in [6, 6.07) is 7.77. The van der Waals surface area contributed by atoms with Gasteiger partial charge in [-0.15, -0.1) is 0 Å². The van der Waals surface area contributed by atoms with E-state index < -0.39 is 9.84 Å². The maximum absolute atomic E-state index is 11.8. The molecule has 1 aromatic rings. The van der Waals surface area contributed by atoms with E-state index in [0.717, 1.165) is 21.1 Å². The lowest BCUT2D eigenvalue weighted by Gasteiger charge is -2.26. The zero-order chi connectivity index (χ0) is 14.3. The minimum atomic E-state index is -2.96. The molecular formula is C13H15BrN2O2S2. The molecule has 0 amide bonds. The van der Waals surface area contributed by atoms with Crippen LogP contribution in [0.25, 0.3) is 0 Å². The molecule has 0 radical (unpaired) electrons. The molecule has 2 aliphatic rings. The molecule has 2 atom stereocenters. The fourth-order valence-electron chi connectivity index (χ4n) is 2.69. The van der Waals surface area contributed by atoms with Gasteiger partial charge in [-0.2, -0.15) is 0 Å². The number of nitrogens with zero attached hydrogens (tertiary/aromatic N) is 2. The topological polar surface area (TPSA) is 49.7 Å². The molecule has 2 aliphatic heterocycles. The van der Waals surface area contributed by atoms with Crippen molar-refractivity contribution in [2.75, 3.05) is 22.2 Å². The molecule has 20 heavy (non-hydrogen) atoms. The minimum absolute atomic E-state index is 0.0525. The van der Waals surface area contributed by atoms with Crippen molar-refractivity contribution < 1.29 is 8.42 Å². The molecule has 2 heterocycles. The van der Waals surface area contributed by atoms with E-state index in [0.29, 0.717) is 0 Å². The van der Waals surface area contributed by atoms with Gasteiger partial charge in [-0.05, 0) is 24.0 Å². The Bertz CT molecular complexity index is 660. The Balaban J connectivity index is 2.00. The predicted octanol–water partition coefficient (Wildman–Crippen LogP) is 2.54. The van der Waals surface area contributed by atoms with Gasteiger partial charge in [0, 0.05) is 10.2 Å². The van der Waals surface area contributed by atoms with Gasteiger partial charge in [0.15, 0.2) is 15.0 Å². The van der Waals surface area contributed by atoms with Crippen LogP contribution in [-0.2, 0) is 9.84 Å². The first kappa shape index (κ1) is 14.4. The van der Waals surface area contributed by atoms with Crippen molar-refractivity contribution in [3.63, 3.8) is 0 Å². The molecule has 1 saturated heterocycles. The Morgan fingerprint density at radius 3 is 2.95 bits per heavy atom. The summed E-state index contributed by atoms with van der Waals surface area (Å²) in [5.41, 5.74) is 1.00. The standard InChI is InChI=1S/C13H15BrN2O2S2/c1-2-19-13-15-11-7-20(17,18)8-12(11)16(13)10-5-3-4-9(14)6-10/h3-6,11-12H,2,7-8H2,1H3/t11-,12-/m1/s1. The Morgan fingerprint density at radius 2 is 2.25 bits per heavy atom. The van der Waals surface area contributed by atoms with Crippen LogP contribution < -0.4 is 4.90 Å². The van der Waals surface area contributed by atoms with Crippen molar-refractivity contribution in [1.82, 2.24) is 0 Å². The molecule has 0 unspecified atom stereocenters. The van der Waals surface area contributed by atoms with Gasteiger partial charge in [-0.3, -0.25) is 4.99 Å². The van der Waals surface area contributed by atoms with Crippen molar-refractivity contribution in [3.8, 4) is 0 Å². The number of hydrogen-bond donors (Lipinski definition) is 0. The highest BCUT2D eigenvalue weighted by molar-refractivity contribution is 9.10. The van der Waals surface area contributed by atoms with Gasteiger partial charge in [0.25, 0.3) is 0 Å². The summed E-state index contributed by atoms with van der Waals surface area (Å²) in [4.78, 5) is 6.73. The van der Waals surface area contributed by atoms with Gasteiger partial charge in [0.2, 0.25) is 0 Å². The maximum atomic E-state index is 11.8. The Kier molecular flexibility index (Phi) is 3.85. The van der Waals surface area contributed by atoms with Gasteiger partial charge in [0.05, 0.1) is 23.6 Å². The highest BCUT2D eigenvalue weighted by Crippen LogP contribution is 2.35. The van der Waals surface area contributed by atoms with E-state index in [1.165, 1.54) is 0 Å². The zero-order valence-electron chi connectivity index (χ0n) is 11.0. The van der Waals surface area contributed by atoms with Gasteiger partial charge in [-0.1, -0.05) is 40.7 Å². The second-order valence-electron chi connectivity index (χ2n) is 4.91. The van der Waals surface area contributed by atoms with Crippen molar-refractivity contribution in [3.05, 3.63) is 28.7 Å². The van der Waals surface area contributed by atoms with E-state index in [1.54, 1.807) is 11.8 Å². The minimum Gasteiger partial charge on any atom is -0.315 e. The van der Waals surface area contributed by atoms with Crippen LogP contribution >= 0.6 is 27.7 Å². The van der Waals surface area contributed by atoms with Crippen LogP contribution in [0.2, 0.25) is 0 Å². The molecular weight excluding hydrogens is 360 g/mol. The molecule has 1 fully saturated rings. The number of anilines is 1. The lowest BCUT2D eigenvalue weighted by atomic mass is 10.1. The molecule has 3 rings (SSSR count). The van der Waals surface area contributed by atoms with Gasteiger partial charge in [0.1, 0.15) is 0 Å². The number of halogens is 1. The molecule has 0 N–H and O–H groups in total. The van der Waals surface area contributed by atoms with Crippen molar-refractivity contribution in [2.24, 2.45) is 4.99 Å². The summed E-state index contributed by atoms with van der Waals surface area (Å²) in [5, 5.41) is 0.940. The van der Waals surface area contributed by atoms with Crippen molar-refractivity contribution in [1.29, 1.82) is 0 Å². The molecule has 7 heteroatoms. The number of aliphatic imine (C=N–C) groups is 1. The van der Waals surface area contributed by atoms with E-state index in [2.05, 4.69) is 32.7 Å². The fourth-order valence-corrected chi connectivity index (χ4v) is 5.77. The first-order valence-corrected chi connectivity index (χ1v) is 10.1. The van der Waals surface area contributed by atoms with E-state index in [1.807, 2.05) is 24.3 Å². The predicted molar refractivity (Wildman–Crippen MR) is 88.4 cm³/mol. The van der Waals surface area contributed by atoms with Gasteiger partial charge < -0.3 is 4.90 Å². The fraction of sp³-hybridized carbons (Fsp3) is 0.462. The van der Waals surface area contributed by atoms with E-state index >= 15 is 0 Å². The molecule has 4 nitrogen and oxygen atoms in total. The van der Waals surface area contributed by atoms with Gasteiger partial charge in [-0.25, -0.2) is 8.42 Å². The number of amidine groups is 1. The Labute approximate surface area is 131 Å². The third-order valence-electron chi connectivity index (χ3n) is 3.47. The second kappa shape index (κ2) is 5.35. The molecule has 0 bridgehead atoms. The highest BCUT2D eigenvalue weighted by Gasteiger charge is 2.46. The summed E-state index contributed by atoms with van der Waals surface area (Å²) in [5.74, 6) is 1.30. The van der Waals surface area contributed by atoms with E-state index in [9.17, 15) is 8.42 Å². The molecule has 0 aromatic heterocycles. The smallest absolute Gasteiger partial charge is 0.164 e. The van der Waals surface area contributed by atoms with Crippen LogP contribution in [-0.4, -0.2) is 42.9 Å². The molecule has 0 saturated carbocycles. The average Bonchev–Trinajstić information content (AvgIpc) is 2.80. The number of thioether (sulfide) groups is 1. The Hall–Kier alpha value is -0.530. The molecule has 0 spiro atoms. The molecule has 0 aliphatic carbocycles. The highest BCUT2D eigenvalue weighted by atomic mass is 79.9. The van der Waals surface area contributed by atoms with E-state index in [4.69, 9.17) is 0 Å². The largest absolute Gasteiger partial charge is 0.315 e. The second-order valence-corrected chi connectivity index (χ2v) is 9.21. The average molecular weight is 375 g/mol. The number of benzene rings is 1. The summed E-state index contributed by atoms with van der Waals surface area (Å²) < 4.78 is 24.7. The van der Waals surface area contributed by atoms with Crippen LogP contribution in [0, 0.1) is 0 Å². The first-order chi connectivity index (χ1) is 9.50. The van der Waals surface area contributed by atoms with Crippen LogP contribution in [0.4, 0.5) is 5.69 Å². The summed E-state index contributed by atoms with van der Waals surface area (Å²) in [6.07, 6.45) is 0. The van der Waals surface area contributed by atoms with Gasteiger partial charge >= 0.3 is 0 Å². The monoisotopic (exact) mass is 374 g/mol. The number of fused-ring (bicyclic) bond motifs is 1. The SMILES string of the molecule is CCSC1=N[C@@H]2CS(=O)(=O)C[C@H]2N1c1cccc(Br)c1. The molecule has 1 aromatic carbocycles. The number of rotatable bonds is 2. The normalized spacial score (nSPS) is 27.5. The summed E-state index contributed by atoms with van der Waals surface area (Å²) in [7, 11) is -2.96. The van der Waals surface area contributed by atoms with Crippen LogP contribution in [0.1, 0.15) is 6.92 Å². The zero-order valence-corrected chi connectivity index (χ0v) is 14.2. The third kappa shape index (κ3) is 2.63. The lowest BCUT2D eigenvalue weighted by Crippen LogP contribution is -2.39. The van der Waals surface area contributed by atoms with Crippen molar-refractivity contribution in [2.45, 2.75) is 19.0 Å². The molecule has 108 valence electrons.